The van der Waals surface area contributed by atoms with Crippen molar-refractivity contribution >= 4 is 17.8 Å². The summed E-state index contributed by atoms with van der Waals surface area (Å²) in [5.74, 6) is -0.623. The highest BCUT2D eigenvalue weighted by molar-refractivity contribution is 5.89. The number of ether oxygens (including phenoxy) is 1. The first-order chi connectivity index (χ1) is 10.8. The van der Waals surface area contributed by atoms with E-state index in [1.54, 1.807) is 50.3 Å². The molecule has 1 rings (SSSR count). The van der Waals surface area contributed by atoms with Crippen LogP contribution in [0.5, 0.6) is 0 Å². The molecule has 0 atom stereocenters. The van der Waals surface area contributed by atoms with Gasteiger partial charge in [-0.2, -0.15) is 0 Å². The van der Waals surface area contributed by atoms with Gasteiger partial charge < -0.3 is 15.0 Å². The van der Waals surface area contributed by atoms with Gasteiger partial charge in [0.25, 0.3) is 0 Å². The van der Waals surface area contributed by atoms with E-state index in [1.165, 1.54) is 12.0 Å². The summed E-state index contributed by atoms with van der Waals surface area (Å²) in [5, 5.41) is 2.77. The predicted octanol–water partition coefficient (Wildman–Crippen LogP) is 0.109. The molecule has 2 amide bonds. The van der Waals surface area contributed by atoms with Crippen molar-refractivity contribution in [2.75, 3.05) is 41.3 Å². The molecule has 1 aromatic rings. The highest BCUT2D eigenvalue weighted by Gasteiger charge is 2.12. The highest BCUT2D eigenvalue weighted by atomic mass is 16.5. The first-order valence-electron chi connectivity index (χ1n) is 7.16. The molecule has 0 spiro atoms. The average molecular weight is 321 g/mol. The van der Waals surface area contributed by atoms with Crippen LogP contribution in [-0.2, 0) is 20.9 Å². The number of nitrogens with one attached hydrogen (secondary N) is 1. The molecular weight excluding hydrogens is 298 g/mol. The van der Waals surface area contributed by atoms with Crippen molar-refractivity contribution in [3.63, 3.8) is 0 Å². The fourth-order valence-electron chi connectivity index (χ4n) is 1.81. The smallest absolute Gasteiger partial charge is 0.337 e. The van der Waals surface area contributed by atoms with Crippen molar-refractivity contribution < 1.29 is 19.1 Å². The lowest BCUT2D eigenvalue weighted by atomic mass is 10.1. The second-order valence-corrected chi connectivity index (χ2v) is 5.43. The van der Waals surface area contributed by atoms with Crippen molar-refractivity contribution in [3.8, 4) is 0 Å². The van der Waals surface area contributed by atoms with Gasteiger partial charge in [-0.3, -0.25) is 14.5 Å². The monoisotopic (exact) mass is 321 g/mol. The van der Waals surface area contributed by atoms with E-state index in [1.807, 2.05) is 0 Å². The van der Waals surface area contributed by atoms with Gasteiger partial charge in [-0.05, 0) is 24.7 Å². The molecule has 7 nitrogen and oxygen atoms in total. The number of esters is 1. The van der Waals surface area contributed by atoms with Crippen LogP contribution in [-0.4, -0.2) is 68.9 Å². The molecule has 0 aliphatic rings. The molecule has 0 saturated carbocycles. The van der Waals surface area contributed by atoms with E-state index in [4.69, 9.17) is 0 Å². The van der Waals surface area contributed by atoms with Gasteiger partial charge in [-0.25, -0.2) is 4.79 Å². The molecule has 0 saturated heterocycles. The van der Waals surface area contributed by atoms with Crippen LogP contribution in [0.2, 0.25) is 0 Å². The lowest BCUT2D eigenvalue weighted by Crippen LogP contribution is -2.40. The second-order valence-electron chi connectivity index (χ2n) is 5.43. The summed E-state index contributed by atoms with van der Waals surface area (Å²) < 4.78 is 4.62. The first-order valence-corrected chi connectivity index (χ1v) is 7.16. The topological polar surface area (TPSA) is 79.0 Å². The minimum atomic E-state index is -0.396. The van der Waals surface area contributed by atoms with Crippen molar-refractivity contribution in [3.05, 3.63) is 35.4 Å². The Morgan fingerprint density at radius 1 is 1.04 bits per heavy atom. The number of benzene rings is 1. The molecule has 126 valence electrons. The lowest BCUT2D eigenvalue weighted by Gasteiger charge is -2.18. The molecule has 1 aromatic carbocycles. The van der Waals surface area contributed by atoms with Crippen LogP contribution in [0, 0.1) is 0 Å². The molecule has 0 bridgehead atoms. The zero-order valence-corrected chi connectivity index (χ0v) is 14.0. The third-order valence-electron chi connectivity index (χ3n) is 3.18. The second kappa shape index (κ2) is 8.89. The number of likely N-dealkylation sites (N-methyl/N-ethyl adjacent to an activating group) is 2. The van der Waals surface area contributed by atoms with Crippen molar-refractivity contribution in [1.82, 2.24) is 15.1 Å². The maximum atomic E-state index is 11.8. The summed E-state index contributed by atoms with van der Waals surface area (Å²) in [6.45, 7) is 0.684. The number of nitrogens with zero attached hydrogens (tertiary/aromatic N) is 2. The molecule has 1 N–H and O–H groups in total. The van der Waals surface area contributed by atoms with Crippen LogP contribution < -0.4 is 5.32 Å². The van der Waals surface area contributed by atoms with E-state index in [0.29, 0.717) is 12.1 Å². The molecule has 0 fully saturated rings. The molecule has 23 heavy (non-hydrogen) atoms. The Kier molecular flexibility index (Phi) is 7.21. The summed E-state index contributed by atoms with van der Waals surface area (Å²) in [4.78, 5) is 37.8. The zero-order valence-electron chi connectivity index (χ0n) is 14.0. The van der Waals surface area contributed by atoms with E-state index in [0.717, 1.165) is 5.56 Å². The minimum absolute atomic E-state index is 0.0568. The van der Waals surface area contributed by atoms with Gasteiger partial charge in [-0.1, -0.05) is 12.1 Å². The standard InChI is InChI=1S/C16H23N3O4/c1-18(2)15(21)11-19(3)10-14(20)17-9-12-5-7-13(8-6-12)16(22)23-4/h5-8H,9-11H2,1-4H3,(H,17,20). The maximum absolute atomic E-state index is 11.8. The SMILES string of the molecule is COC(=O)c1ccc(CNC(=O)CN(C)CC(=O)N(C)C)cc1. The Morgan fingerprint density at radius 3 is 2.17 bits per heavy atom. The van der Waals surface area contributed by atoms with Gasteiger partial charge >= 0.3 is 5.97 Å². The average Bonchev–Trinajstić information content (AvgIpc) is 2.52. The maximum Gasteiger partial charge on any atom is 0.337 e. The quantitative estimate of drug-likeness (QED) is 0.721. The molecule has 0 aliphatic carbocycles. The molecule has 0 aliphatic heterocycles. The number of methoxy groups -OCH3 is 1. The number of amides is 2. The van der Waals surface area contributed by atoms with Crippen LogP contribution in [0.15, 0.2) is 24.3 Å². The van der Waals surface area contributed by atoms with Crippen molar-refractivity contribution in [2.45, 2.75) is 6.54 Å². The minimum Gasteiger partial charge on any atom is -0.465 e. The van der Waals surface area contributed by atoms with Gasteiger partial charge in [0.15, 0.2) is 0 Å². The highest BCUT2D eigenvalue weighted by Crippen LogP contribution is 2.05. The van der Waals surface area contributed by atoms with Gasteiger partial charge in [0.2, 0.25) is 11.8 Å². The molecule has 7 heteroatoms. The number of carbonyl (C=O) groups excluding carboxylic acids is 3. The summed E-state index contributed by atoms with van der Waals surface area (Å²) in [6.07, 6.45) is 0. The lowest BCUT2D eigenvalue weighted by molar-refractivity contribution is -0.130. The summed E-state index contributed by atoms with van der Waals surface area (Å²) >= 11 is 0. The van der Waals surface area contributed by atoms with Crippen LogP contribution in [0.1, 0.15) is 15.9 Å². The van der Waals surface area contributed by atoms with Crippen LogP contribution in [0.3, 0.4) is 0 Å². The number of rotatable bonds is 7. The Hall–Kier alpha value is -2.41. The third-order valence-corrected chi connectivity index (χ3v) is 3.18. The van der Waals surface area contributed by atoms with Gasteiger partial charge in [0.1, 0.15) is 0 Å². The molecular formula is C16H23N3O4. The van der Waals surface area contributed by atoms with Crippen LogP contribution in [0.25, 0.3) is 0 Å². The third kappa shape index (κ3) is 6.48. The van der Waals surface area contributed by atoms with Gasteiger partial charge in [0, 0.05) is 20.6 Å². The summed E-state index contributed by atoms with van der Waals surface area (Å²) in [7, 11) is 6.39. The van der Waals surface area contributed by atoms with E-state index in [9.17, 15) is 14.4 Å². The molecule has 0 heterocycles. The Bertz CT molecular complexity index is 555. The zero-order chi connectivity index (χ0) is 17.4. The van der Waals surface area contributed by atoms with E-state index < -0.39 is 5.97 Å². The molecule has 0 unspecified atom stereocenters. The number of carbonyl (C=O) groups is 3. The van der Waals surface area contributed by atoms with E-state index in [2.05, 4.69) is 10.1 Å². The van der Waals surface area contributed by atoms with E-state index in [-0.39, 0.29) is 24.9 Å². The predicted molar refractivity (Wildman–Crippen MR) is 85.8 cm³/mol. The van der Waals surface area contributed by atoms with Crippen molar-refractivity contribution in [1.29, 1.82) is 0 Å². The number of hydrogen-bond acceptors (Lipinski definition) is 5. The fourth-order valence-corrected chi connectivity index (χ4v) is 1.81. The first kappa shape index (κ1) is 18.6. The summed E-state index contributed by atoms with van der Waals surface area (Å²) in [5.41, 5.74) is 1.34. The molecule has 0 radical (unpaired) electrons. The summed E-state index contributed by atoms with van der Waals surface area (Å²) in [6, 6.07) is 6.81. The van der Waals surface area contributed by atoms with Gasteiger partial charge in [-0.15, -0.1) is 0 Å². The Balaban J connectivity index is 2.41. The number of hydrogen-bond donors (Lipinski definition) is 1. The largest absolute Gasteiger partial charge is 0.465 e. The normalized spacial score (nSPS) is 10.3. The van der Waals surface area contributed by atoms with Gasteiger partial charge in [0.05, 0.1) is 25.8 Å². The van der Waals surface area contributed by atoms with Crippen molar-refractivity contribution in [2.24, 2.45) is 0 Å². The van der Waals surface area contributed by atoms with Crippen LogP contribution >= 0.6 is 0 Å². The fraction of sp³-hybridized carbons (Fsp3) is 0.438. The van der Waals surface area contributed by atoms with Crippen LogP contribution in [0.4, 0.5) is 0 Å². The van der Waals surface area contributed by atoms with E-state index >= 15 is 0 Å². The Morgan fingerprint density at radius 2 is 1.65 bits per heavy atom. The Labute approximate surface area is 136 Å². The molecule has 0 aromatic heterocycles.